The fourth-order valence-corrected chi connectivity index (χ4v) is 3.28. The van der Waals surface area contributed by atoms with Gasteiger partial charge in [0.25, 0.3) is 0 Å². The van der Waals surface area contributed by atoms with Gasteiger partial charge in [0.15, 0.2) is 5.78 Å². The second-order valence-electron chi connectivity index (χ2n) is 5.21. The van der Waals surface area contributed by atoms with Crippen molar-refractivity contribution in [1.82, 2.24) is 4.72 Å². The average molecular weight is 297 g/mol. The lowest BCUT2D eigenvalue weighted by atomic mass is 9.81. The van der Waals surface area contributed by atoms with Crippen LogP contribution in [0.1, 0.15) is 43.0 Å². The summed E-state index contributed by atoms with van der Waals surface area (Å²) in [7, 11) is -3.70. The molecule has 0 radical (unpaired) electrons. The van der Waals surface area contributed by atoms with E-state index in [1.165, 1.54) is 12.1 Å². The monoisotopic (exact) mass is 297 g/mol. The standard InChI is InChI=1S/C14H19NO4S/c1-2-13(16)11-5-3-6-12(9-11)20(18,19)15-10-14(17)7-4-8-14/h3,5-6,9,15,17H,2,4,7-8,10H2,1H3. The second kappa shape index (κ2) is 5.63. The maximum atomic E-state index is 12.1. The number of hydrogen-bond donors (Lipinski definition) is 2. The number of aliphatic hydroxyl groups is 1. The number of sulfonamides is 1. The van der Waals surface area contributed by atoms with Crippen LogP contribution in [-0.4, -0.2) is 31.5 Å². The van der Waals surface area contributed by atoms with Crippen molar-refractivity contribution < 1.29 is 18.3 Å². The Morgan fingerprint density at radius 2 is 2.10 bits per heavy atom. The topological polar surface area (TPSA) is 83.5 Å². The molecular formula is C14H19NO4S. The molecule has 0 heterocycles. The Balaban J connectivity index is 2.14. The van der Waals surface area contributed by atoms with Gasteiger partial charge < -0.3 is 5.11 Å². The number of Topliss-reactive ketones (excluding diaryl/α,β-unsaturated/α-hetero) is 1. The molecule has 0 amide bonds. The molecule has 20 heavy (non-hydrogen) atoms. The minimum atomic E-state index is -3.70. The van der Waals surface area contributed by atoms with Gasteiger partial charge >= 0.3 is 0 Å². The van der Waals surface area contributed by atoms with Crippen molar-refractivity contribution in [3.8, 4) is 0 Å². The smallest absolute Gasteiger partial charge is 0.240 e. The highest BCUT2D eigenvalue weighted by atomic mass is 32.2. The predicted octanol–water partition coefficient (Wildman–Crippen LogP) is 1.47. The van der Waals surface area contributed by atoms with Crippen molar-refractivity contribution in [2.75, 3.05) is 6.54 Å². The summed E-state index contributed by atoms with van der Waals surface area (Å²) in [5, 5.41) is 9.92. The number of benzene rings is 1. The van der Waals surface area contributed by atoms with E-state index in [2.05, 4.69) is 4.72 Å². The lowest BCUT2D eigenvalue weighted by molar-refractivity contribution is -0.0270. The van der Waals surface area contributed by atoms with Gasteiger partial charge in [-0.1, -0.05) is 19.1 Å². The Bertz CT molecular complexity index is 605. The number of nitrogens with one attached hydrogen (secondary N) is 1. The minimum absolute atomic E-state index is 0.0152. The predicted molar refractivity (Wildman–Crippen MR) is 75.1 cm³/mol. The summed E-state index contributed by atoms with van der Waals surface area (Å²) >= 11 is 0. The van der Waals surface area contributed by atoms with Gasteiger partial charge in [-0.3, -0.25) is 4.79 Å². The zero-order chi connectivity index (χ0) is 14.8. The Morgan fingerprint density at radius 3 is 2.65 bits per heavy atom. The van der Waals surface area contributed by atoms with Crippen LogP contribution in [-0.2, 0) is 10.0 Å². The molecule has 0 bridgehead atoms. The largest absolute Gasteiger partial charge is 0.389 e. The average Bonchev–Trinajstić information content (AvgIpc) is 2.42. The summed E-state index contributed by atoms with van der Waals surface area (Å²) in [6.45, 7) is 1.75. The van der Waals surface area contributed by atoms with Crippen LogP contribution >= 0.6 is 0 Å². The lowest BCUT2D eigenvalue weighted by Gasteiger charge is -2.36. The molecule has 2 N–H and O–H groups in total. The van der Waals surface area contributed by atoms with Crippen molar-refractivity contribution in [3.05, 3.63) is 29.8 Å². The van der Waals surface area contributed by atoms with Gasteiger partial charge in [-0.25, -0.2) is 13.1 Å². The first-order valence-electron chi connectivity index (χ1n) is 6.72. The van der Waals surface area contributed by atoms with Gasteiger partial charge in [-0.05, 0) is 31.4 Å². The maximum absolute atomic E-state index is 12.1. The van der Waals surface area contributed by atoms with Crippen LogP contribution in [0, 0.1) is 0 Å². The van der Waals surface area contributed by atoms with Crippen molar-refractivity contribution >= 4 is 15.8 Å². The van der Waals surface area contributed by atoms with E-state index in [0.717, 1.165) is 6.42 Å². The van der Waals surface area contributed by atoms with Gasteiger partial charge in [0, 0.05) is 18.5 Å². The molecule has 0 unspecified atom stereocenters. The molecule has 6 heteroatoms. The summed E-state index contributed by atoms with van der Waals surface area (Å²) < 4.78 is 26.7. The Morgan fingerprint density at radius 1 is 1.40 bits per heavy atom. The van der Waals surface area contributed by atoms with Crippen molar-refractivity contribution in [2.45, 2.75) is 43.1 Å². The number of carbonyl (C=O) groups is 1. The highest BCUT2D eigenvalue weighted by Crippen LogP contribution is 2.31. The van der Waals surface area contributed by atoms with Crippen LogP contribution in [0.15, 0.2) is 29.2 Å². The van der Waals surface area contributed by atoms with Crippen LogP contribution in [0.5, 0.6) is 0 Å². The Labute approximate surface area is 119 Å². The van der Waals surface area contributed by atoms with E-state index in [-0.39, 0.29) is 17.2 Å². The lowest BCUT2D eigenvalue weighted by Crippen LogP contribution is -2.47. The van der Waals surface area contributed by atoms with Crippen LogP contribution in [0.25, 0.3) is 0 Å². The quantitative estimate of drug-likeness (QED) is 0.779. The van der Waals surface area contributed by atoms with Crippen LogP contribution in [0.2, 0.25) is 0 Å². The Kier molecular flexibility index (Phi) is 4.27. The van der Waals surface area contributed by atoms with Gasteiger partial charge in [0.05, 0.1) is 10.5 Å². The fraction of sp³-hybridized carbons (Fsp3) is 0.500. The molecule has 0 aromatic heterocycles. The first kappa shape index (κ1) is 15.2. The van der Waals surface area contributed by atoms with Gasteiger partial charge in [-0.15, -0.1) is 0 Å². The van der Waals surface area contributed by atoms with Crippen molar-refractivity contribution in [2.24, 2.45) is 0 Å². The molecule has 1 saturated carbocycles. The first-order valence-corrected chi connectivity index (χ1v) is 8.20. The summed E-state index contributed by atoms with van der Waals surface area (Å²) in [5.74, 6) is -0.0975. The minimum Gasteiger partial charge on any atom is -0.389 e. The summed E-state index contributed by atoms with van der Waals surface area (Å²) in [5.41, 5.74) is -0.526. The summed E-state index contributed by atoms with van der Waals surface area (Å²) in [6, 6.07) is 5.97. The van der Waals surface area contributed by atoms with Crippen molar-refractivity contribution in [1.29, 1.82) is 0 Å². The molecule has 110 valence electrons. The summed E-state index contributed by atoms with van der Waals surface area (Å²) in [6.07, 6.45) is 2.48. The third-order valence-corrected chi connectivity index (χ3v) is 5.06. The molecule has 2 rings (SSSR count). The van der Waals surface area contributed by atoms with Crippen LogP contribution < -0.4 is 4.72 Å². The molecule has 1 aliphatic rings. The second-order valence-corrected chi connectivity index (χ2v) is 6.97. The van der Waals surface area contributed by atoms with E-state index in [1.807, 2.05) is 0 Å². The van der Waals surface area contributed by atoms with Gasteiger partial charge in [-0.2, -0.15) is 0 Å². The van der Waals surface area contributed by atoms with E-state index in [9.17, 15) is 18.3 Å². The molecule has 1 aromatic rings. The molecule has 0 aliphatic heterocycles. The first-order chi connectivity index (χ1) is 9.36. The fourth-order valence-electron chi connectivity index (χ4n) is 2.12. The van der Waals surface area contributed by atoms with E-state index in [4.69, 9.17) is 0 Å². The van der Waals surface area contributed by atoms with Crippen LogP contribution in [0.4, 0.5) is 0 Å². The zero-order valence-electron chi connectivity index (χ0n) is 11.4. The number of carbonyl (C=O) groups excluding carboxylic acids is 1. The highest BCUT2D eigenvalue weighted by molar-refractivity contribution is 7.89. The van der Waals surface area contributed by atoms with Crippen molar-refractivity contribution in [3.63, 3.8) is 0 Å². The zero-order valence-corrected chi connectivity index (χ0v) is 12.2. The molecular weight excluding hydrogens is 278 g/mol. The normalized spacial score (nSPS) is 17.5. The molecule has 0 saturated heterocycles. The molecule has 1 fully saturated rings. The van der Waals surface area contributed by atoms with E-state index in [1.54, 1.807) is 19.1 Å². The number of rotatable bonds is 6. The van der Waals surface area contributed by atoms with Gasteiger partial charge in [0.1, 0.15) is 0 Å². The maximum Gasteiger partial charge on any atom is 0.240 e. The third-order valence-electron chi connectivity index (χ3n) is 3.66. The van der Waals surface area contributed by atoms with E-state index >= 15 is 0 Å². The molecule has 0 atom stereocenters. The van der Waals surface area contributed by atoms with Gasteiger partial charge in [0.2, 0.25) is 10.0 Å². The third kappa shape index (κ3) is 3.26. The summed E-state index contributed by atoms with van der Waals surface area (Å²) in [4.78, 5) is 11.7. The SMILES string of the molecule is CCC(=O)c1cccc(S(=O)(=O)NCC2(O)CCC2)c1. The molecule has 0 spiro atoms. The number of hydrogen-bond acceptors (Lipinski definition) is 4. The van der Waals surface area contributed by atoms with E-state index < -0.39 is 15.6 Å². The van der Waals surface area contributed by atoms with E-state index in [0.29, 0.717) is 24.8 Å². The molecule has 5 nitrogen and oxygen atoms in total. The highest BCUT2D eigenvalue weighted by Gasteiger charge is 2.35. The molecule has 1 aliphatic carbocycles. The van der Waals surface area contributed by atoms with Crippen LogP contribution in [0.3, 0.4) is 0 Å². The molecule has 1 aromatic carbocycles. The number of ketones is 1. The Hall–Kier alpha value is -1.24.